The predicted octanol–water partition coefficient (Wildman–Crippen LogP) is 3.19. The van der Waals surface area contributed by atoms with Crippen LogP contribution in [0.4, 0.5) is 5.69 Å². The van der Waals surface area contributed by atoms with E-state index in [-0.39, 0.29) is 5.91 Å². The van der Waals surface area contributed by atoms with Crippen molar-refractivity contribution < 1.29 is 19.4 Å². The van der Waals surface area contributed by atoms with Crippen LogP contribution in [0, 0.1) is 6.92 Å². The molecule has 4 N–H and O–H groups in total. The Labute approximate surface area is 237 Å². The number of hydrogen-bond donors (Lipinski definition) is 3. The number of aryl methyl sites for hydroxylation is 2. The molecule has 2 aromatic heterocycles. The smallest absolute Gasteiger partial charge is 0.280 e. The minimum absolute atomic E-state index is 0.215. The SMILES string of the molecule is Cc1sc(C(=O)NCc2cccc(OCCOCCN)c2)nc1-c1ccc2c(c1)CCN2C(O)c1cncn1C. The monoisotopic (exact) mass is 562 g/mol. The van der Waals surface area contributed by atoms with E-state index < -0.39 is 6.23 Å². The lowest BCUT2D eigenvalue weighted by molar-refractivity contribution is 0.0950. The number of hydrogen-bond acceptors (Lipinski definition) is 9. The molecule has 0 saturated heterocycles. The minimum Gasteiger partial charge on any atom is -0.491 e. The van der Waals surface area contributed by atoms with Crippen molar-refractivity contribution in [3.8, 4) is 17.0 Å². The summed E-state index contributed by atoms with van der Waals surface area (Å²) in [7, 11) is 1.87. The Kier molecular flexibility index (Phi) is 8.75. The third-order valence-electron chi connectivity index (χ3n) is 6.80. The van der Waals surface area contributed by atoms with Crippen molar-refractivity contribution in [1.82, 2.24) is 19.9 Å². The van der Waals surface area contributed by atoms with Gasteiger partial charge in [0.25, 0.3) is 5.91 Å². The molecule has 0 bridgehead atoms. The van der Waals surface area contributed by atoms with Gasteiger partial charge in [0.05, 0.1) is 37.1 Å². The third-order valence-corrected chi connectivity index (χ3v) is 7.77. The number of benzene rings is 2. The lowest BCUT2D eigenvalue weighted by Crippen LogP contribution is -2.27. The van der Waals surface area contributed by atoms with Gasteiger partial charge in [-0.3, -0.25) is 4.79 Å². The topological polar surface area (TPSA) is 128 Å². The number of amides is 1. The van der Waals surface area contributed by atoms with Crippen LogP contribution in [-0.4, -0.2) is 58.5 Å². The molecule has 0 radical (unpaired) electrons. The van der Waals surface area contributed by atoms with Gasteiger partial charge in [0.15, 0.2) is 11.2 Å². The van der Waals surface area contributed by atoms with Gasteiger partial charge >= 0.3 is 0 Å². The van der Waals surface area contributed by atoms with Gasteiger partial charge in [-0.05, 0) is 48.7 Å². The first-order valence-electron chi connectivity index (χ1n) is 13.2. The summed E-state index contributed by atoms with van der Waals surface area (Å²) < 4.78 is 12.9. The minimum atomic E-state index is -0.765. The molecular weight excluding hydrogens is 528 g/mol. The quantitative estimate of drug-likeness (QED) is 0.225. The molecule has 2 aromatic carbocycles. The summed E-state index contributed by atoms with van der Waals surface area (Å²) in [4.78, 5) is 24.7. The highest BCUT2D eigenvalue weighted by atomic mass is 32.1. The van der Waals surface area contributed by atoms with Crippen LogP contribution in [0.2, 0.25) is 0 Å². The zero-order valence-corrected chi connectivity index (χ0v) is 23.5. The number of aromatic nitrogens is 3. The molecule has 11 heteroatoms. The molecule has 1 unspecified atom stereocenters. The normalized spacial score (nSPS) is 13.3. The van der Waals surface area contributed by atoms with E-state index in [1.165, 1.54) is 11.3 Å². The van der Waals surface area contributed by atoms with Gasteiger partial charge in [-0.25, -0.2) is 9.97 Å². The van der Waals surface area contributed by atoms with Gasteiger partial charge in [-0.2, -0.15) is 0 Å². The van der Waals surface area contributed by atoms with Gasteiger partial charge in [0, 0.05) is 42.8 Å². The van der Waals surface area contributed by atoms with E-state index >= 15 is 0 Å². The summed E-state index contributed by atoms with van der Waals surface area (Å²) in [5.41, 5.74) is 11.0. The van der Waals surface area contributed by atoms with Crippen molar-refractivity contribution >= 4 is 22.9 Å². The zero-order chi connectivity index (χ0) is 28.1. The van der Waals surface area contributed by atoms with E-state index in [9.17, 15) is 9.90 Å². The van der Waals surface area contributed by atoms with E-state index in [2.05, 4.69) is 16.4 Å². The summed E-state index contributed by atoms with van der Waals surface area (Å²) in [5, 5.41) is 14.3. The highest BCUT2D eigenvalue weighted by Gasteiger charge is 2.28. The molecule has 40 heavy (non-hydrogen) atoms. The summed E-state index contributed by atoms with van der Waals surface area (Å²) in [6.07, 6.45) is 3.43. The molecule has 0 fully saturated rings. The van der Waals surface area contributed by atoms with Crippen molar-refractivity contribution in [2.75, 3.05) is 37.8 Å². The number of thiazole rings is 1. The fraction of sp³-hybridized carbons (Fsp3) is 0.345. The highest BCUT2D eigenvalue weighted by Crippen LogP contribution is 2.37. The summed E-state index contributed by atoms with van der Waals surface area (Å²) in [6, 6.07) is 13.8. The van der Waals surface area contributed by atoms with E-state index in [0.717, 1.165) is 50.8 Å². The maximum Gasteiger partial charge on any atom is 0.280 e. The van der Waals surface area contributed by atoms with Crippen molar-refractivity contribution in [1.29, 1.82) is 0 Å². The number of aliphatic hydroxyl groups is 1. The number of anilines is 1. The largest absolute Gasteiger partial charge is 0.491 e. The molecule has 1 aliphatic heterocycles. The van der Waals surface area contributed by atoms with Crippen LogP contribution < -0.4 is 20.7 Å². The second-order valence-electron chi connectivity index (χ2n) is 9.59. The number of nitrogens with two attached hydrogens (primary N) is 1. The molecule has 4 aromatic rings. The van der Waals surface area contributed by atoms with Crippen LogP contribution in [0.15, 0.2) is 55.0 Å². The first-order valence-corrected chi connectivity index (χ1v) is 14.1. The molecule has 3 heterocycles. The molecule has 1 aliphatic rings. The summed E-state index contributed by atoms with van der Waals surface area (Å²) in [6.45, 7) is 4.95. The number of carbonyl (C=O) groups is 1. The molecule has 1 amide bonds. The number of imidazole rings is 1. The van der Waals surface area contributed by atoms with E-state index in [1.54, 1.807) is 12.5 Å². The Morgan fingerprint density at radius 3 is 2.90 bits per heavy atom. The van der Waals surface area contributed by atoms with Crippen molar-refractivity contribution in [3.63, 3.8) is 0 Å². The molecule has 5 rings (SSSR count). The molecule has 1 atom stereocenters. The number of nitrogens with one attached hydrogen (secondary N) is 1. The van der Waals surface area contributed by atoms with Crippen LogP contribution in [0.3, 0.4) is 0 Å². The van der Waals surface area contributed by atoms with Gasteiger partial charge in [-0.15, -0.1) is 11.3 Å². The van der Waals surface area contributed by atoms with Crippen LogP contribution in [0.1, 0.15) is 37.7 Å². The second-order valence-corrected chi connectivity index (χ2v) is 10.8. The maximum atomic E-state index is 13.0. The molecule has 0 spiro atoms. The maximum absolute atomic E-state index is 13.0. The second kappa shape index (κ2) is 12.6. The Morgan fingerprint density at radius 1 is 1.23 bits per heavy atom. The first-order chi connectivity index (χ1) is 19.4. The summed E-state index contributed by atoms with van der Waals surface area (Å²) in [5.74, 6) is 0.506. The average molecular weight is 563 g/mol. The first kappa shape index (κ1) is 27.8. The fourth-order valence-electron chi connectivity index (χ4n) is 4.77. The Bertz CT molecular complexity index is 1470. The number of fused-ring (bicyclic) bond motifs is 1. The number of rotatable bonds is 12. The molecule has 0 saturated carbocycles. The van der Waals surface area contributed by atoms with Gasteiger partial charge < -0.3 is 35.1 Å². The van der Waals surface area contributed by atoms with E-state index in [0.29, 0.717) is 44.5 Å². The van der Waals surface area contributed by atoms with Crippen LogP contribution >= 0.6 is 11.3 Å². The van der Waals surface area contributed by atoms with E-state index in [1.807, 2.05) is 59.8 Å². The lowest BCUT2D eigenvalue weighted by atomic mass is 10.1. The average Bonchev–Trinajstić information content (AvgIpc) is 3.69. The lowest BCUT2D eigenvalue weighted by Gasteiger charge is -2.26. The van der Waals surface area contributed by atoms with E-state index in [4.69, 9.17) is 20.2 Å². The summed E-state index contributed by atoms with van der Waals surface area (Å²) >= 11 is 1.38. The molecule has 0 aliphatic carbocycles. The van der Waals surface area contributed by atoms with Crippen molar-refractivity contribution in [2.24, 2.45) is 12.8 Å². The molecule has 10 nitrogen and oxygen atoms in total. The fourth-order valence-corrected chi connectivity index (χ4v) is 5.62. The van der Waals surface area contributed by atoms with Gasteiger partial charge in [-0.1, -0.05) is 18.2 Å². The third kappa shape index (κ3) is 6.18. The van der Waals surface area contributed by atoms with Crippen LogP contribution in [-0.2, 0) is 24.8 Å². The molecular formula is C29H34N6O4S. The number of ether oxygens (including phenoxy) is 2. The Hall–Kier alpha value is -3.77. The predicted molar refractivity (Wildman–Crippen MR) is 154 cm³/mol. The number of nitrogens with zero attached hydrogens (tertiary/aromatic N) is 4. The van der Waals surface area contributed by atoms with Crippen LogP contribution in [0.25, 0.3) is 11.3 Å². The van der Waals surface area contributed by atoms with Crippen LogP contribution in [0.5, 0.6) is 5.75 Å². The Morgan fingerprint density at radius 2 is 2.10 bits per heavy atom. The van der Waals surface area contributed by atoms with Gasteiger partial charge in [0.1, 0.15) is 12.4 Å². The zero-order valence-electron chi connectivity index (χ0n) is 22.7. The van der Waals surface area contributed by atoms with Crippen molar-refractivity contribution in [3.05, 3.63) is 81.7 Å². The Balaban J connectivity index is 1.22. The standard InChI is InChI=1S/C29H34N6O4S/c1-19-26(22-6-7-24-21(15-22)8-10-35(24)29(37)25-17-31-18-34(25)2)33-28(40-19)27(36)32-16-20-4-3-5-23(14-20)39-13-12-38-11-9-30/h3-7,14-15,17-18,29,37H,8-13,16,30H2,1-2H3,(H,32,36). The number of carbonyl (C=O) groups excluding carboxylic acids is 1. The van der Waals surface area contributed by atoms with Crippen molar-refractivity contribution in [2.45, 2.75) is 26.1 Å². The molecule has 210 valence electrons. The number of aliphatic hydroxyl groups excluding tert-OH is 1. The van der Waals surface area contributed by atoms with Gasteiger partial charge in [0.2, 0.25) is 0 Å². The highest BCUT2D eigenvalue weighted by molar-refractivity contribution is 7.14.